The first-order valence-electron chi connectivity index (χ1n) is 8.41. The number of aryl methyl sites for hydroxylation is 1. The summed E-state index contributed by atoms with van der Waals surface area (Å²) in [5.41, 5.74) is -1.54. The highest BCUT2D eigenvalue weighted by atomic mass is 19.4. The van der Waals surface area contributed by atoms with E-state index in [1.807, 2.05) is 0 Å². The van der Waals surface area contributed by atoms with Crippen LogP contribution in [0.5, 0.6) is 0 Å². The fourth-order valence-electron chi connectivity index (χ4n) is 3.78. The molecular formula is C20H15F3N2O3. The lowest BCUT2D eigenvalue weighted by atomic mass is 9.88. The number of hydrogen-bond donors (Lipinski definition) is 2. The van der Waals surface area contributed by atoms with Gasteiger partial charge < -0.3 is 10.2 Å². The summed E-state index contributed by atoms with van der Waals surface area (Å²) < 4.78 is 43.1. The van der Waals surface area contributed by atoms with Crippen LogP contribution in [0.1, 0.15) is 16.7 Å². The van der Waals surface area contributed by atoms with E-state index in [0.29, 0.717) is 22.3 Å². The molecule has 1 aromatic heterocycles. The molecule has 5 nitrogen and oxygen atoms in total. The molecule has 2 N–H and O–H groups in total. The van der Waals surface area contributed by atoms with Crippen molar-refractivity contribution in [1.82, 2.24) is 9.78 Å². The maximum Gasteiger partial charge on any atom is 0.425 e. The second-order valence-electron chi connectivity index (χ2n) is 6.81. The Morgan fingerprint density at radius 3 is 2.57 bits per heavy atom. The van der Waals surface area contributed by atoms with Gasteiger partial charge in [0.15, 0.2) is 0 Å². The highest BCUT2D eigenvalue weighted by Gasteiger charge is 2.61. The highest BCUT2D eigenvalue weighted by Crippen LogP contribution is 2.57. The molecule has 4 rings (SSSR count). The molecule has 1 aliphatic carbocycles. The molecule has 0 saturated heterocycles. The molecule has 1 heterocycles. The van der Waals surface area contributed by atoms with Gasteiger partial charge in [0.1, 0.15) is 6.54 Å². The third kappa shape index (κ3) is 2.52. The second-order valence-corrected chi connectivity index (χ2v) is 6.81. The van der Waals surface area contributed by atoms with Crippen LogP contribution in [0, 0.1) is 6.92 Å². The predicted octanol–water partition coefficient (Wildman–Crippen LogP) is 3.72. The molecule has 144 valence electrons. The summed E-state index contributed by atoms with van der Waals surface area (Å²) >= 11 is 0. The van der Waals surface area contributed by atoms with Crippen LogP contribution in [-0.2, 0) is 16.9 Å². The van der Waals surface area contributed by atoms with Gasteiger partial charge >= 0.3 is 12.1 Å². The quantitative estimate of drug-likeness (QED) is 0.717. The number of hydrogen-bond acceptors (Lipinski definition) is 3. The Labute approximate surface area is 157 Å². The number of alkyl halides is 3. The van der Waals surface area contributed by atoms with E-state index in [-0.39, 0.29) is 23.2 Å². The van der Waals surface area contributed by atoms with Gasteiger partial charge in [0.25, 0.3) is 0 Å². The Morgan fingerprint density at radius 1 is 1.18 bits per heavy atom. The van der Waals surface area contributed by atoms with E-state index < -0.39 is 17.7 Å². The Hall–Kier alpha value is -3.13. The van der Waals surface area contributed by atoms with Crippen molar-refractivity contribution in [2.75, 3.05) is 0 Å². The lowest BCUT2D eigenvalue weighted by molar-refractivity contribution is -0.246. The molecule has 8 heteroatoms. The zero-order valence-electron chi connectivity index (χ0n) is 14.7. The normalized spacial score (nSPS) is 18.0. The van der Waals surface area contributed by atoms with Crippen molar-refractivity contribution in [3.8, 4) is 22.3 Å². The number of carboxylic acid groups (broad SMARTS) is 1. The molecular weight excluding hydrogens is 373 g/mol. The first-order valence-corrected chi connectivity index (χ1v) is 8.41. The number of aliphatic carboxylic acids is 1. The number of nitrogens with zero attached hydrogens (tertiary/aromatic N) is 2. The molecule has 1 atom stereocenters. The van der Waals surface area contributed by atoms with E-state index in [0.717, 1.165) is 0 Å². The van der Waals surface area contributed by atoms with Crippen molar-refractivity contribution in [2.24, 2.45) is 0 Å². The van der Waals surface area contributed by atoms with Crippen molar-refractivity contribution in [3.63, 3.8) is 0 Å². The topological polar surface area (TPSA) is 75.4 Å². The third-order valence-electron chi connectivity index (χ3n) is 4.91. The molecule has 0 spiro atoms. The van der Waals surface area contributed by atoms with Crippen LogP contribution in [0.4, 0.5) is 13.2 Å². The van der Waals surface area contributed by atoms with Gasteiger partial charge in [-0.1, -0.05) is 42.0 Å². The molecule has 0 unspecified atom stereocenters. The summed E-state index contributed by atoms with van der Waals surface area (Å²) in [6, 6.07) is 8.93. The monoisotopic (exact) mass is 388 g/mol. The Morgan fingerprint density at radius 2 is 1.89 bits per heavy atom. The van der Waals surface area contributed by atoms with Crippen LogP contribution in [-0.4, -0.2) is 32.1 Å². The molecule has 3 aromatic rings. The first kappa shape index (κ1) is 18.2. The average Bonchev–Trinajstić information content (AvgIpc) is 3.16. The molecule has 0 bridgehead atoms. The molecule has 1 aliphatic rings. The Kier molecular flexibility index (Phi) is 3.87. The van der Waals surface area contributed by atoms with Gasteiger partial charge in [-0.25, -0.2) is 0 Å². The summed E-state index contributed by atoms with van der Waals surface area (Å²) in [4.78, 5) is 10.9. The first-order chi connectivity index (χ1) is 13.1. The molecule has 0 saturated carbocycles. The standard InChI is InChI=1S/C20H15F3N2O3/c1-11-6-14(12-8-24-25(9-12)10-17(26)27)18-13-4-2-3-5-15(13)19(28,16(18)7-11)20(21,22)23/h2-9,28H,10H2,1H3,(H,26,27)/t19-/m1/s1. The molecule has 0 amide bonds. The van der Waals surface area contributed by atoms with Gasteiger partial charge in [-0.2, -0.15) is 18.3 Å². The van der Waals surface area contributed by atoms with Crippen LogP contribution in [0.2, 0.25) is 0 Å². The summed E-state index contributed by atoms with van der Waals surface area (Å²) in [6.45, 7) is 1.28. The number of benzene rings is 2. The maximum absolute atomic E-state index is 14.0. The van der Waals surface area contributed by atoms with Crippen LogP contribution in [0.25, 0.3) is 22.3 Å². The Balaban J connectivity index is 2.01. The smallest absolute Gasteiger partial charge is 0.425 e. The number of carbonyl (C=O) groups is 1. The number of aromatic nitrogens is 2. The van der Waals surface area contributed by atoms with E-state index in [4.69, 9.17) is 5.11 Å². The SMILES string of the molecule is Cc1cc(-c2cnn(CC(=O)O)c2)c2c(c1)[C@@](O)(C(F)(F)F)c1ccccc1-2. The average molecular weight is 388 g/mol. The largest absolute Gasteiger partial charge is 0.480 e. The van der Waals surface area contributed by atoms with Gasteiger partial charge in [0.05, 0.1) is 6.20 Å². The summed E-state index contributed by atoms with van der Waals surface area (Å²) in [6.07, 6.45) is -2.03. The molecule has 2 aromatic carbocycles. The zero-order valence-corrected chi connectivity index (χ0v) is 14.7. The minimum Gasteiger partial charge on any atom is -0.480 e. The highest BCUT2D eigenvalue weighted by molar-refractivity contribution is 5.92. The minimum absolute atomic E-state index is 0.220. The van der Waals surface area contributed by atoms with Crippen molar-refractivity contribution >= 4 is 5.97 Å². The second kappa shape index (κ2) is 5.93. The van der Waals surface area contributed by atoms with Crippen LogP contribution >= 0.6 is 0 Å². The van der Waals surface area contributed by atoms with Crippen molar-refractivity contribution in [2.45, 2.75) is 25.2 Å². The van der Waals surface area contributed by atoms with E-state index in [1.165, 1.54) is 35.3 Å². The molecule has 0 radical (unpaired) electrons. The van der Waals surface area contributed by atoms with Gasteiger partial charge in [-0.3, -0.25) is 9.48 Å². The van der Waals surface area contributed by atoms with Gasteiger partial charge in [-0.15, -0.1) is 0 Å². The number of carboxylic acids is 1. The third-order valence-corrected chi connectivity index (χ3v) is 4.91. The minimum atomic E-state index is -4.91. The van der Waals surface area contributed by atoms with Crippen molar-refractivity contribution in [1.29, 1.82) is 0 Å². The zero-order chi connectivity index (χ0) is 20.3. The van der Waals surface area contributed by atoms with Gasteiger partial charge in [0.2, 0.25) is 5.60 Å². The number of fused-ring (bicyclic) bond motifs is 3. The van der Waals surface area contributed by atoms with Crippen molar-refractivity contribution < 1.29 is 28.2 Å². The fraction of sp³-hybridized carbons (Fsp3) is 0.200. The van der Waals surface area contributed by atoms with Crippen LogP contribution < -0.4 is 0 Å². The number of rotatable bonds is 3. The summed E-state index contributed by atoms with van der Waals surface area (Å²) in [5.74, 6) is -1.08. The van der Waals surface area contributed by atoms with E-state index in [2.05, 4.69) is 5.10 Å². The fourth-order valence-corrected chi connectivity index (χ4v) is 3.78. The lowest BCUT2D eigenvalue weighted by Gasteiger charge is -2.28. The van der Waals surface area contributed by atoms with Crippen LogP contribution in [0.3, 0.4) is 0 Å². The number of aliphatic hydroxyl groups is 1. The van der Waals surface area contributed by atoms with Crippen molar-refractivity contribution in [3.05, 3.63) is 65.5 Å². The van der Waals surface area contributed by atoms with Gasteiger partial charge in [-0.05, 0) is 23.6 Å². The lowest BCUT2D eigenvalue weighted by Crippen LogP contribution is -2.41. The summed E-state index contributed by atoms with van der Waals surface area (Å²) in [5, 5.41) is 23.7. The van der Waals surface area contributed by atoms with E-state index in [9.17, 15) is 23.1 Å². The number of halogens is 3. The van der Waals surface area contributed by atoms with Gasteiger partial charge in [0, 0.05) is 22.9 Å². The Bertz CT molecular complexity index is 1100. The predicted molar refractivity (Wildman–Crippen MR) is 94.5 cm³/mol. The molecule has 0 aliphatic heterocycles. The molecule has 0 fully saturated rings. The van der Waals surface area contributed by atoms with E-state index in [1.54, 1.807) is 25.1 Å². The molecule has 28 heavy (non-hydrogen) atoms. The summed E-state index contributed by atoms with van der Waals surface area (Å²) in [7, 11) is 0. The van der Waals surface area contributed by atoms with Crippen LogP contribution in [0.15, 0.2) is 48.8 Å². The van der Waals surface area contributed by atoms with E-state index >= 15 is 0 Å². The maximum atomic E-state index is 14.0.